The van der Waals surface area contributed by atoms with Crippen LogP contribution in [0.3, 0.4) is 0 Å². The van der Waals surface area contributed by atoms with Crippen LogP contribution in [0.25, 0.3) is 0 Å². The van der Waals surface area contributed by atoms with E-state index in [1.165, 1.54) is 0 Å². The summed E-state index contributed by atoms with van der Waals surface area (Å²) in [5, 5.41) is 0.369. The van der Waals surface area contributed by atoms with Crippen molar-refractivity contribution in [3.63, 3.8) is 0 Å². The number of nitrogens with zero attached hydrogens (tertiary/aromatic N) is 1. The van der Waals surface area contributed by atoms with E-state index in [0.717, 1.165) is 5.56 Å². The van der Waals surface area contributed by atoms with E-state index in [9.17, 15) is 4.91 Å². The number of aryl methyl sites for hydroxylation is 1. The zero-order chi connectivity index (χ0) is 8.43. The molecule has 0 heterocycles. The Morgan fingerprint density at radius 1 is 1.55 bits per heavy atom. The van der Waals surface area contributed by atoms with Gasteiger partial charge in [-0.05, 0) is 18.6 Å². The second kappa shape index (κ2) is 2.88. The van der Waals surface area contributed by atoms with Crippen molar-refractivity contribution in [2.24, 2.45) is 5.84 Å². The molecule has 0 aliphatic rings. The average Bonchev–Trinajstić information content (AvgIpc) is 1.94. The number of rotatable bonds is 1. The van der Waals surface area contributed by atoms with Crippen molar-refractivity contribution in [3.8, 4) is 0 Å². The molecule has 0 amide bonds. The highest BCUT2D eigenvalue weighted by Crippen LogP contribution is 2.23. The fourth-order valence-electron chi connectivity index (χ4n) is 0.792. The van der Waals surface area contributed by atoms with E-state index in [4.69, 9.17) is 17.4 Å². The summed E-state index contributed by atoms with van der Waals surface area (Å²) in [6.45, 7) is 1.86. The molecule has 0 spiro atoms. The third-order valence-electron chi connectivity index (χ3n) is 1.34. The zero-order valence-corrected chi connectivity index (χ0v) is 6.80. The molecule has 0 fully saturated rings. The maximum absolute atomic E-state index is 10.6. The molecular weight excluding hydrogens is 164 g/mol. The Morgan fingerprint density at radius 2 is 2.18 bits per heavy atom. The Balaban J connectivity index is 3.23. The molecule has 0 aliphatic carbocycles. The van der Waals surface area contributed by atoms with E-state index >= 15 is 0 Å². The molecule has 0 bridgehead atoms. The van der Waals surface area contributed by atoms with Crippen molar-refractivity contribution < 1.29 is 4.87 Å². The molecule has 11 heavy (non-hydrogen) atoms. The topological polar surface area (TPSA) is 46.1 Å². The lowest BCUT2D eigenvalue weighted by molar-refractivity contribution is -0.474. The van der Waals surface area contributed by atoms with Gasteiger partial charge in [-0.1, -0.05) is 17.7 Å². The zero-order valence-electron chi connectivity index (χ0n) is 6.04. The van der Waals surface area contributed by atoms with Crippen molar-refractivity contribution >= 4 is 17.3 Å². The predicted molar refractivity (Wildman–Crippen MR) is 43.7 cm³/mol. The van der Waals surface area contributed by atoms with Crippen molar-refractivity contribution in [2.45, 2.75) is 6.92 Å². The highest BCUT2D eigenvalue weighted by atomic mass is 35.5. The van der Waals surface area contributed by atoms with Crippen molar-refractivity contribution in [1.82, 2.24) is 0 Å². The predicted octanol–water partition coefficient (Wildman–Crippen LogP) is 1.93. The van der Waals surface area contributed by atoms with Crippen molar-refractivity contribution in [1.29, 1.82) is 0 Å². The second-order valence-corrected chi connectivity index (χ2v) is 2.69. The first-order valence-electron chi connectivity index (χ1n) is 3.09. The van der Waals surface area contributed by atoms with Gasteiger partial charge < -0.3 is 0 Å². The van der Waals surface area contributed by atoms with Gasteiger partial charge in [0.05, 0.1) is 4.91 Å². The number of hydrazine groups is 1. The number of hydrogen-bond donors (Lipinski definition) is 1. The molecule has 0 saturated heterocycles. The SMILES string of the molecule is Cc1ccc(Cl)c([N+](N)=O)c1. The van der Waals surface area contributed by atoms with Gasteiger partial charge in [0.1, 0.15) is 5.02 Å². The van der Waals surface area contributed by atoms with Crippen molar-refractivity contribution in [2.75, 3.05) is 0 Å². The summed E-state index contributed by atoms with van der Waals surface area (Å²) in [6.07, 6.45) is 0. The summed E-state index contributed by atoms with van der Waals surface area (Å²) in [5.74, 6) is 4.98. The van der Waals surface area contributed by atoms with Crippen LogP contribution in [0.4, 0.5) is 5.69 Å². The molecule has 1 aromatic carbocycles. The largest absolute Gasteiger partial charge is 0.310 e. The lowest BCUT2D eigenvalue weighted by Gasteiger charge is -1.92. The van der Waals surface area contributed by atoms with Crippen LogP contribution >= 0.6 is 11.6 Å². The highest BCUT2D eigenvalue weighted by molar-refractivity contribution is 6.32. The molecule has 1 rings (SSSR count). The fraction of sp³-hybridized carbons (Fsp3) is 0.143. The van der Waals surface area contributed by atoms with E-state index in [1.54, 1.807) is 12.1 Å². The van der Waals surface area contributed by atoms with E-state index in [0.29, 0.717) is 10.7 Å². The lowest BCUT2D eigenvalue weighted by atomic mass is 10.2. The van der Waals surface area contributed by atoms with Crippen LogP contribution in [0.2, 0.25) is 5.02 Å². The van der Waals surface area contributed by atoms with Gasteiger partial charge in [0.25, 0.3) is 0 Å². The molecule has 0 aliphatic heterocycles. The Hall–Kier alpha value is -1.09. The van der Waals surface area contributed by atoms with Crippen LogP contribution in [0.1, 0.15) is 5.56 Å². The quantitative estimate of drug-likeness (QED) is 0.399. The van der Waals surface area contributed by atoms with Crippen LogP contribution in [-0.4, -0.2) is 4.87 Å². The van der Waals surface area contributed by atoms with E-state index in [2.05, 4.69) is 0 Å². The number of nitroso groups, excluding NO2 is 1. The normalized spacial score (nSPS) is 9.64. The van der Waals surface area contributed by atoms with E-state index < -0.39 is 0 Å². The number of nitrogens with two attached hydrogens (primary N) is 1. The minimum Gasteiger partial charge on any atom is -0.159 e. The molecule has 4 heteroatoms. The summed E-state index contributed by atoms with van der Waals surface area (Å²) < 4.78 is 0. The van der Waals surface area contributed by atoms with Gasteiger partial charge >= 0.3 is 5.69 Å². The molecule has 0 aromatic heterocycles. The highest BCUT2D eigenvalue weighted by Gasteiger charge is 2.13. The Morgan fingerprint density at radius 3 is 2.64 bits per heavy atom. The molecule has 2 N–H and O–H groups in total. The van der Waals surface area contributed by atoms with Gasteiger partial charge in [-0.3, -0.25) is 0 Å². The minimum absolute atomic E-state index is 0.259. The molecule has 1 aromatic rings. The lowest BCUT2D eigenvalue weighted by Crippen LogP contribution is -2.09. The Kier molecular flexibility index (Phi) is 2.10. The van der Waals surface area contributed by atoms with Gasteiger partial charge in [-0.15, -0.1) is 0 Å². The van der Waals surface area contributed by atoms with E-state index in [-0.39, 0.29) is 4.87 Å². The van der Waals surface area contributed by atoms with Crippen LogP contribution in [0.5, 0.6) is 0 Å². The molecule has 0 unspecified atom stereocenters. The smallest absolute Gasteiger partial charge is 0.159 e. The minimum atomic E-state index is 0.259. The Labute approximate surface area is 69.3 Å². The van der Waals surface area contributed by atoms with Crippen LogP contribution in [0.15, 0.2) is 18.2 Å². The van der Waals surface area contributed by atoms with E-state index in [1.807, 2.05) is 13.0 Å². The molecular formula is C7H8ClN2O+. The monoisotopic (exact) mass is 171 g/mol. The van der Waals surface area contributed by atoms with Crippen LogP contribution in [-0.2, 0) is 0 Å². The number of halogens is 1. The standard InChI is InChI=1S/C7H8ClN2O/c1-5-2-3-6(8)7(4-5)10(9)11/h2-4H,1H3,(H2,9,11)/q+1. The van der Waals surface area contributed by atoms with Gasteiger partial charge in [-0.25, -0.2) is 0 Å². The van der Waals surface area contributed by atoms with Crippen LogP contribution in [0, 0.1) is 11.8 Å². The third-order valence-corrected chi connectivity index (χ3v) is 1.66. The fourth-order valence-corrected chi connectivity index (χ4v) is 0.992. The molecule has 0 saturated carbocycles. The van der Waals surface area contributed by atoms with Gasteiger partial charge in [0, 0.05) is 6.07 Å². The second-order valence-electron chi connectivity index (χ2n) is 2.28. The summed E-state index contributed by atoms with van der Waals surface area (Å²) in [6, 6.07) is 5.09. The summed E-state index contributed by atoms with van der Waals surface area (Å²) in [5.41, 5.74) is 1.25. The maximum Gasteiger partial charge on any atom is 0.310 e. The molecule has 0 atom stereocenters. The molecule has 0 radical (unpaired) electrons. The van der Waals surface area contributed by atoms with Crippen LogP contribution < -0.4 is 5.84 Å². The first-order chi connectivity index (χ1) is 5.11. The first-order valence-corrected chi connectivity index (χ1v) is 3.47. The number of benzene rings is 1. The third kappa shape index (κ3) is 1.68. The molecule has 58 valence electrons. The number of hydrogen-bond acceptors (Lipinski definition) is 1. The maximum atomic E-state index is 10.6. The van der Waals surface area contributed by atoms with Gasteiger partial charge in [0.2, 0.25) is 0 Å². The Bertz CT molecular complexity index is 298. The van der Waals surface area contributed by atoms with Gasteiger partial charge in [-0.2, -0.15) is 5.84 Å². The van der Waals surface area contributed by atoms with Gasteiger partial charge in [0.15, 0.2) is 4.87 Å². The average molecular weight is 172 g/mol. The summed E-state index contributed by atoms with van der Waals surface area (Å²) >= 11 is 5.67. The van der Waals surface area contributed by atoms with Crippen molar-refractivity contribution in [3.05, 3.63) is 33.7 Å². The summed E-state index contributed by atoms with van der Waals surface area (Å²) in [4.78, 5) is 10.9. The summed E-state index contributed by atoms with van der Waals surface area (Å²) in [7, 11) is 0. The molecule has 3 nitrogen and oxygen atoms in total. The first kappa shape index (κ1) is 8.01.